The zero-order chi connectivity index (χ0) is 22.8. The lowest BCUT2D eigenvalue weighted by Crippen LogP contribution is -2.48. The smallest absolute Gasteiger partial charge is 0.307 e. The van der Waals surface area contributed by atoms with Crippen LogP contribution >= 0.6 is 23.2 Å². The second-order valence-corrected chi connectivity index (χ2v) is 8.30. The van der Waals surface area contributed by atoms with E-state index in [1.54, 1.807) is 11.8 Å². The summed E-state index contributed by atoms with van der Waals surface area (Å²) in [5, 5.41) is 20.1. The molecule has 0 bridgehead atoms. The topological polar surface area (TPSA) is 111 Å². The van der Waals surface area contributed by atoms with E-state index < -0.39 is 4.92 Å². The maximum Gasteiger partial charge on any atom is 0.307 e. The van der Waals surface area contributed by atoms with Gasteiger partial charge in [0.15, 0.2) is 5.69 Å². The van der Waals surface area contributed by atoms with Crippen LogP contribution in [0.15, 0.2) is 35.1 Å². The lowest BCUT2D eigenvalue weighted by Gasteiger charge is -2.34. The molecular formula is C20H20Cl2N6O4. The standard InChI is InChI=1S/C20H20Cl2N6O4/c1-13-15(12-27-10-14(9-23-27)28(30)31)19(24-32-13)20(29)26-7-5-25(6-8-26)11-16-17(21)3-2-4-18(16)22/h2-4,9-10H,5-8,11-12H2,1H3. The summed E-state index contributed by atoms with van der Waals surface area (Å²) in [6.45, 7) is 4.79. The molecule has 0 radical (unpaired) electrons. The summed E-state index contributed by atoms with van der Waals surface area (Å²) in [6, 6.07) is 5.43. The van der Waals surface area contributed by atoms with Crippen LogP contribution in [0.2, 0.25) is 10.0 Å². The van der Waals surface area contributed by atoms with Gasteiger partial charge in [-0.1, -0.05) is 34.4 Å². The third-order valence-electron chi connectivity index (χ3n) is 5.44. The Bertz CT molecular complexity index is 1130. The average Bonchev–Trinajstić information content (AvgIpc) is 3.39. The van der Waals surface area contributed by atoms with Crippen molar-refractivity contribution in [2.45, 2.75) is 20.0 Å². The van der Waals surface area contributed by atoms with Gasteiger partial charge in [-0.25, -0.2) is 0 Å². The molecule has 0 atom stereocenters. The molecule has 1 aliphatic rings. The van der Waals surface area contributed by atoms with Crippen LogP contribution in [0.4, 0.5) is 5.69 Å². The van der Waals surface area contributed by atoms with Gasteiger partial charge in [-0.2, -0.15) is 5.10 Å². The number of hydrogen-bond donors (Lipinski definition) is 0. The number of carbonyl (C=O) groups is 1. The number of carbonyl (C=O) groups excluding carboxylic acids is 1. The fraction of sp³-hybridized carbons (Fsp3) is 0.350. The van der Waals surface area contributed by atoms with Crippen molar-refractivity contribution in [1.82, 2.24) is 24.7 Å². The highest BCUT2D eigenvalue weighted by molar-refractivity contribution is 6.35. The summed E-state index contributed by atoms with van der Waals surface area (Å²) in [4.78, 5) is 27.4. The summed E-state index contributed by atoms with van der Waals surface area (Å²) in [7, 11) is 0. The molecule has 1 fully saturated rings. The predicted molar refractivity (Wildman–Crippen MR) is 117 cm³/mol. The summed E-state index contributed by atoms with van der Waals surface area (Å²) < 4.78 is 6.64. The molecule has 2 aromatic heterocycles. The number of rotatable bonds is 6. The highest BCUT2D eigenvalue weighted by atomic mass is 35.5. The third-order valence-corrected chi connectivity index (χ3v) is 6.15. The number of nitro groups is 1. The van der Waals surface area contributed by atoms with Gasteiger partial charge in [0.1, 0.15) is 18.2 Å². The molecule has 0 N–H and O–H groups in total. The van der Waals surface area contributed by atoms with Crippen LogP contribution < -0.4 is 0 Å². The predicted octanol–water partition coefficient (Wildman–Crippen LogP) is 3.40. The Morgan fingerprint density at radius 3 is 2.47 bits per heavy atom. The maximum atomic E-state index is 13.1. The van der Waals surface area contributed by atoms with Gasteiger partial charge in [-0.3, -0.25) is 24.5 Å². The van der Waals surface area contributed by atoms with Gasteiger partial charge >= 0.3 is 5.69 Å². The first-order valence-corrected chi connectivity index (χ1v) is 10.7. The summed E-state index contributed by atoms with van der Waals surface area (Å²) >= 11 is 12.5. The van der Waals surface area contributed by atoms with Crippen molar-refractivity contribution in [3.63, 3.8) is 0 Å². The van der Waals surface area contributed by atoms with Gasteiger partial charge in [-0.05, 0) is 19.1 Å². The van der Waals surface area contributed by atoms with Crippen LogP contribution in [0.3, 0.4) is 0 Å². The van der Waals surface area contributed by atoms with E-state index in [2.05, 4.69) is 15.2 Å². The van der Waals surface area contributed by atoms with Crippen LogP contribution in [-0.2, 0) is 13.1 Å². The SMILES string of the molecule is Cc1onc(C(=O)N2CCN(Cc3c(Cl)cccc3Cl)CC2)c1Cn1cc([N+](=O)[O-])cn1. The Hall–Kier alpha value is -2.95. The minimum absolute atomic E-state index is 0.123. The van der Waals surface area contributed by atoms with Crippen LogP contribution in [0.1, 0.15) is 27.4 Å². The molecule has 0 unspecified atom stereocenters. The molecule has 0 saturated carbocycles. The fourth-order valence-corrected chi connectivity index (χ4v) is 4.12. The second kappa shape index (κ2) is 9.27. The van der Waals surface area contributed by atoms with Gasteiger partial charge < -0.3 is 9.42 Å². The van der Waals surface area contributed by atoms with Crippen molar-refractivity contribution in [3.8, 4) is 0 Å². The van der Waals surface area contributed by atoms with Crippen LogP contribution in [-0.4, -0.2) is 61.7 Å². The van der Waals surface area contributed by atoms with Crippen molar-refractivity contribution in [1.29, 1.82) is 0 Å². The lowest BCUT2D eigenvalue weighted by atomic mass is 10.1. The van der Waals surface area contributed by atoms with E-state index in [1.165, 1.54) is 10.9 Å². The highest BCUT2D eigenvalue weighted by Gasteiger charge is 2.28. The minimum atomic E-state index is -0.522. The first kappa shape index (κ1) is 22.3. The van der Waals surface area contributed by atoms with Gasteiger partial charge in [0.05, 0.1) is 11.5 Å². The fourth-order valence-electron chi connectivity index (χ4n) is 3.61. The Kier molecular flexibility index (Phi) is 6.45. The van der Waals surface area contributed by atoms with Crippen molar-refractivity contribution in [2.24, 2.45) is 0 Å². The Balaban J connectivity index is 1.42. The Morgan fingerprint density at radius 1 is 1.16 bits per heavy atom. The van der Waals surface area contributed by atoms with Crippen molar-refractivity contribution < 1.29 is 14.2 Å². The molecule has 168 valence electrons. The second-order valence-electron chi connectivity index (χ2n) is 7.49. The molecule has 3 heterocycles. The highest BCUT2D eigenvalue weighted by Crippen LogP contribution is 2.26. The number of aromatic nitrogens is 3. The van der Waals surface area contributed by atoms with Gasteiger partial charge in [0, 0.05) is 53.9 Å². The van der Waals surface area contributed by atoms with Crippen LogP contribution in [0, 0.1) is 17.0 Å². The molecule has 1 amide bonds. The molecule has 12 heteroatoms. The molecule has 3 aromatic rings. The molecule has 1 saturated heterocycles. The number of hydrogen-bond acceptors (Lipinski definition) is 7. The van der Waals surface area contributed by atoms with E-state index in [1.807, 2.05) is 18.2 Å². The van der Waals surface area contributed by atoms with E-state index >= 15 is 0 Å². The lowest BCUT2D eigenvalue weighted by molar-refractivity contribution is -0.385. The number of aryl methyl sites for hydroxylation is 1. The van der Waals surface area contributed by atoms with Gasteiger partial charge in [0.25, 0.3) is 5.91 Å². The van der Waals surface area contributed by atoms with Gasteiger partial charge in [-0.15, -0.1) is 0 Å². The number of halogens is 2. The number of amides is 1. The molecule has 4 rings (SSSR count). The molecule has 32 heavy (non-hydrogen) atoms. The van der Waals surface area contributed by atoms with Crippen molar-refractivity contribution in [3.05, 3.63) is 73.3 Å². The van der Waals surface area contributed by atoms with E-state index in [0.717, 1.165) is 11.8 Å². The molecule has 1 aromatic carbocycles. The molecular weight excluding hydrogens is 459 g/mol. The molecule has 1 aliphatic heterocycles. The summed E-state index contributed by atoms with van der Waals surface area (Å²) in [5.41, 5.74) is 1.50. The Morgan fingerprint density at radius 2 is 1.84 bits per heavy atom. The summed E-state index contributed by atoms with van der Waals surface area (Å²) in [6.07, 6.45) is 2.47. The third kappa shape index (κ3) is 4.62. The average molecular weight is 479 g/mol. The van der Waals surface area contributed by atoms with E-state index in [0.29, 0.717) is 54.1 Å². The largest absolute Gasteiger partial charge is 0.361 e. The quantitative estimate of drug-likeness (QED) is 0.394. The first-order valence-electron chi connectivity index (χ1n) is 9.90. The van der Waals surface area contributed by atoms with Gasteiger partial charge in [0.2, 0.25) is 0 Å². The molecule has 0 aliphatic carbocycles. The van der Waals surface area contributed by atoms with Crippen LogP contribution in [0.25, 0.3) is 0 Å². The zero-order valence-corrected chi connectivity index (χ0v) is 18.7. The summed E-state index contributed by atoms with van der Waals surface area (Å²) in [5.74, 6) is 0.229. The van der Waals surface area contributed by atoms with E-state index in [-0.39, 0.29) is 23.8 Å². The number of nitrogens with zero attached hydrogens (tertiary/aromatic N) is 6. The first-order chi connectivity index (χ1) is 15.3. The number of benzene rings is 1. The Labute approximate surface area is 193 Å². The monoisotopic (exact) mass is 478 g/mol. The normalized spacial score (nSPS) is 14.7. The zero-order valence-electron chi connectivity index (χ0n) is 17.2. The van der Waals surface area contributed by atoms with E-state index in [9.17, 15) is 14.9 Å². The number of piperazine rings is 1. The minimum Gasteiger partial charge on any atom is -0.361 e. The maximum absolute atomic E-state index is 13.1. The van der Waals surface area contributed by atoms with E-state index in [4.69, 9.17) is 27.7 Å². The molecule has 0 spiro atoms. The van der Waals surface area contributed by atoms with Crippen molar-refractivity contribution >= 4 is 34.8 Å². The molecule has 10 nitrogen and oxygen atoms in total. The van der Waals surface area contributed by atoms with Crippen LogP contribution in [0.5, 0.6) is 0 Å². The van der Waals surface area contributed by atoms with Crippen molar-refractivity contribution in [2.75, 3.05) is 26.2 Å².